The van der Waals surface area contributed by atoms with Gasteiger partial charge in [0.2, 0.25) is 11.7 Å². The number of nitrogens with one attached hydrogen (secondary N) is 1. The van der Waals surface area contributed by atoms with Gasteiger partial charge in [0.25, 0.3) is 0 Å². The number of halogens is 1. The molecule has 7 nitrogen and oxygen atoms in total. The van der Waals surface area contributed by atoms with Gasteiger partial charge < -0.3 is 10.4 Å². The average molecular weight is 350 g/mol. The van der Waals surface area contributed by atoms with E-state index in [1.807, 2.05) is 0 Å². The Balaban J connectivity index is 1.54. The average Bonchev–Trinajstić information content (AvgIpc) is 3.03. The first-order valence-electron chi connectivity index (χ1n) is 8.07. The highest BCUT2D eigenvalue weighted by molar-refractivity contribution is 6.30. The quantitative estimate of drug-likeness (QED) is 0.858. The van der Waals surface area contributed by atoms with Crippen LogP contribution in [0.5, 0.6) is 0 Å². The number of hydrogen-bond acceptors (Lipinski definition) is 5. The number of aliphatic hydroxyl groups is 1. The van der Waals surface area contributed by atoms with Crippen molar-refractivity contribution in [2.75, 3.05) is 6.54 Å². The van der Waals surface area contributed by atoms with Gasteiger partial charge in [-0.2, -0.15) is 4.80 Å². The number of aromatic nitrogens is 4. The summed E-state index contributed by atoms with van der Waals surface area (Å²) in [5.74, 6) is 0.194. The van der Waals surface area contributed by atoms with Crippen LogP contribution in [0.1, 0.15) is 32.1 Å². The number of nitrogens with zero attached hydrogens (tertiary/aromatic N) is 4. The van der Waals surface area contributed by atoms with Crippen LogP contribution >= 0.6 is 11.6 Å². The minimum Gasteiger partial charge on any atom is -0.388 e. The third-order valence-corrected chi connectivity index (χ3v) is 4.49. The van der Waals surface area contributed by atoms with Gasteiger partial charge in [-0.25, -0.2) is 0 Å². The minimum absolute atomic E-state index is 0.0311. The highest BCUT2D eigenvalue weighted by Gasteiger charge is 2.29. The van der Waals surface area contributed by atoms with Crippen molar-refractivity contribution in [1.82, 2.24) is 25.5 Å². The Morgan fingerprint density at radius 2 is 1.96 bits per heavy atom. The molecule has 24 heavy (non-hydrogen) atoms. The van der Waals surface area contributed by atoms with Gasteiger partial charge in [-0.3, -0.25) is 4.79 Å². The molecule has 0 spiro atoms. The molecular weight excluding hydrogens is 330 g/mol. The lowest BCUT2D eigenvalue weighted by molar-refractivity contribution is -0.123. The van der Waals surface area contributed by atoms with Crippen molar-refractivity contribution in [2.24, 2.45) is 0 Å². The number of carbonyl (C=O) groups is 1. The molecule has 0 saturated heterocycles. The fourth-order valence-electron chi connectivity index (χ4n) is 2.86. The summed E-state index contributed by atoms with van der Waals surface area (Å²) in [6.45, 7) is 0.237. The number of tetrazole rings is 1. The van der Waals surface area contributed by atoms with Crippen molar-refractivity contribution in [3.8, 4) is 11.4 Å². The van der Waals surface area contributed by atoms with Crippen molar-refractivity contribution in [1.29, 1.82) is 0 Å². The fraction of sp³-hybridized carbons (Fsp3) is 0.500. The number of hydrogen-bond donors (Lipinski definition) is 2. The number of benzene rings is 1. The van der Waals surface area contributed by atoms with Crippen molar-refractivity contribution in [2.45, 2.75) is 44.2 Å². The SMILES string of the molecule is O=C(Cn1nnc(-c2ccc(Cl)cc2)n1)NCC1(O)CCCCC1. The zero-order chi connectivity index (χ0) is 17.0. The topological polar surface area (TPSA) is 92.9 Å². The van der Waals surface area contributed by atoms with Gasteiger partial charge in [-0.05, 0) is 42.3 Å². The first kappa shape index (κ1) is 16.9. The summed E-state index contributed by atoms with van der Waals surface area (Å²) in [5, 5.41) is 25.8. The molecule has 0 bridgehead atoms. The van der Waals surface area contributed by atoms with E-state index in [2.05, 4.69) is 20.7 Å². The molecule has 3 rings (SSSR count). The number of rotatable bonds is 5. The summed E-state index contributed by atoms with van der Waals surface area (Å²) in [4.78, 5) is 13.3. The van der Waals surface area contributed by atoms with Crippen molar-refractivity contribution in [3.63, 3.8) is 0 Å². The lowest BCUT2D eigenvalue weighted by Gasteiger charge is -2.32. The highest BCUT2D eigenvalue weighted by Crippen LogP contribution is 2.27. The monoisotopic (exact) mass is 349 g/mol. The van der Waals surface area contributed by atoms with E-state index in [4.69, 9.17) is 11.6 Å². The zero-order valence-electron chi connectivity index (χ0n) is 13.3. The molecule has 128 valence electrons. The van der Waals surface area contributed by atoms with Crippen LogP contribution in [0.2, 0.25) is 5.02 Å². The van der Waals surface area contributed by atoms with Crippen LogP contribution in [-0.4, -0.2) is 43.4 Å². The van der Waals surface area contributed by atoms with Crippen LogP contribution in [0.25, 0.3) is 11.4 Å². The van der Waals surface area contributed by atoms with E-state index in [0.29, 0.717) is 10.8 Å². The van der Waals surface area contributed by atoms with Crippen LogP contribution < -0.4 is 5.32 Å². The van der Waals surface area contributed by atoms with Gasteiger partial charge in [0.05, 0.1) is 5.60 Å². The zero-order valence-corrected chi connectivity index (χ0v) is 14.0. The molecule has 1 fully saturated rings. The second-order valence-electron chi connectivity index (χ2n) is 6.21. The summed E-state index contributed by atoms with van der Waals surface area (Å²) < 4.78 is 0. The van der Waals surface area contributed by atoms with Crippen molar-refractivity contribution in [3.05, 3.63) is 29.3 Å². The molecule has 1 aliphatic rings. The lowest BCUT2D eigenvalue weighted by atomic mass is 9.85. The fourth-order valence-corrected chi connectivity index (χ4v) is 2.98. The molecular formula is C16H20ClN5O2. The maximum atomic E-state index is 12.0. The van der Waals surface area contributed by atoms with Gasteiger partial charge in [-0.15, -0.1) is 10.2 Å². The Bertz CT molecular complexity index is 695. The molecule has 2 aromatic rings. The van der Waals surface area contributed by atoms with Gasteiger partial charge in [-0.1, -0.05) is 30.9 Å². The Kier molecular flexibility index (Phi) is 5.11. The predicted molar refractivity (Wildman–Crippen MR) is 89.3 cm³/mol. The van der Waals surface area contributed by atoms with E-state index in [0.717, 1.165) is 37.7 Å². The molecule has 1 saturated carbocycles. The van der Waals surface area contributed by atoms with Crippen LogP contribution in [0.3, 0.4) is 0 Å². The van der Waals surface area contributed by atoms with Crippen LogP contribution in [0, 0.1) is 0 Å². The summed E-state index contributed by atoms with van der Waals surface area (Å²) in [6, 6.07) is 7.08. The molecule has 0 unspecified atom stereocenters. The molecule has 0 radical (unpaired) electrons. The molecule has 1 aromatic carbocycles. The van der Waals surface area contributed by atoms with Crippen LogP contribution in [0.4, 0.5) is 0 Å². The molecule has 1 aromatic heterocycles. The van der Waals surface area contributed by atoms with Gasteiger partial charge in [0.15, 0.2) is 0 Å². The van der Waals surface area contributed by atoms with Crippen LogP contribution in [0.15, 0.2) is 24.3 Å². The lowest BCUT2D eigenvalue weighted by Crippen LogP contribution is -2.45. The largest absolute Gasteiger partial charge is 0.388 e. The van der Waals surface area contributed by atoms with Crippen LogP contribution in [-0.2, 0) is 11.3 Å². The smallest absolute Gasteiger partial charge is 0.243 e. The predicted octanol–water partition coefficient (Wildman–Crippen LogP) is 1.80. The molecule has 1 heterocycles. The molecule has 0 atom stereocenters. The second kappa shape index (κ2) is 7.27. The maximum absolute atomic E-state index is 12.0. The normalized spacial score (nSPS) is 16.8. The highest BCUT2D eigenvalue weighted by atomic mass is 35.5. The maximum Gasteiger partial charge on any atom is 0.243 e. The molecule has 1 amide bonds. The minimum atomic E-state index is -0.780. The Labute approximate surface area is 145 Å². The molecule has 0 aliphatic heterocycles. The van der Waals surface area contributed by atoms with E-state index in [-0.39, 0.29) is 19.0 Å². The Morgan fingerprint density at radius 1 is 1.25 bits per heavy atom. The third kappa shape index (κ3) is 4.30. The Morgan fingerprint density at radius 3 is 2.67 bits per heavy atom. The first-order valence-corrected chi connectivity index (χ1v) is 8.45. The van der Waals surface area contributed by atoms with E-state index >= 15 is 0 Å². The Hall–Kier alpha value is -1.99. The van der Waals surface area contributed by atoms with Crippen molar-refractivity contribution >= 4 is 17.5 Å². The summed E-state index contributed by atoms with van der Waals surface area (Å²) in [7, 11) is 0. The van der Waals surface area contributed by atoms with E-state index in [9.17, 15) is 9.90 Å². The van der Waals surface area contributed by atoms with Gasteiger partial charge in [0, 0.05) is 17.1 Å². The molecule has 8 heteroatoms. The molecule has 1 aliphatic carbocycles. The van der Waals surface area contributed by atoms with E-state index in [1.54, 1.807) is 24.3 Å². The molecule has 2 N–H and O–H groups in total. The van der Waals surface area contributed by atoms with E-state index < -0.39 is 5.60 Å². The first-order chi connectivity index (χ1) is 11.5. The number of carbonyl (C=O) groups excluding carboxylic acids is 1. The summed E-state index contributed by atoms with van der Waals surface area (Å²) in [6.07, 6.45) is 4.61. The van der Waals surface area contributed by atoms with Crippen molar-refractivity contribution < 1.29 is 9.90 Å². The van der Waals surface area contributed by atoms with E-state index in [1.165, 1.54) is 4.80 Å². The van der Waals surface area contributed by atoms with Gasteiger partial charge >= 0.3 is 0 Å². The standard InChI is InChI=1S/C16H20ClN5O2/c17-13-6-4-12(5-7-13)15-19-21-22(20-15)10-14(23)18-11-16(24)8-2-1-3-9-16/h4-7,24H,1-3,8-11H2,(H,18,23). The second-order valence-corrected chi connectivity index (χ2v) is 6.65. The summed E-state index contributed by atoms with van der Waals surface area (Å²) >= 11 is 5.85. The summed E-state index contributed by atoms with van der Waals surface area (Å²) in [5.41, 5.74) is 0.000571. The number of amides is 1. The van der Waals surface area contributed by atoms with Gasteiger partial charge in [0.1, 0.15) is 6.54 Å². The third-order valence-electron chi connectivity index (χ3n) is 4.24.